The first-order chi connectivity index (χ1) is 40.6. The molecule has 1 heterocycles. The molecule has 18 heteroatoms. The van der Waals surface area contributed by atoms with Crippen molar-refractivity contribution >= 4 is 47.3 Å². The molecule has 12 atom stereocenters. The summed E-state index contributed by atoms with van der Waals surface area (Å²) in [7, 11) is 6.82. The average Bonchev–Trinajstić information content (AvgIpc) is 4.54. The lowest BCUT2D eigenvalue weighted by atomic mass is 10.0. The second kappa shape index (κ2) is 28.9. The van der Waals surface area contributed by atoms with Crippen LogP contribution in [-0.4, -0.2) is 157 Å². The quantitative estimate of drug-likeness (QED) is 0.142. The molecular formula is C66H84N8O10. The van der Waals surface area contributed by atoms with Gasteiger partial charge in [-0.05, 0) is 99.3 Å². The van der Waals surface area contributed by atoms with Crippen molar-refractivity contribution in [3.63, 3.8) is 0 Å². The van der Waals surface area contributed by atoms with Crippen LogP contribution in [0.1, 0.15) is 99.3 Å². The lowest BCUT2D eigenvalue weighted by Crippen LogP contribution is -2.54. The van der Waals surface area contributed by atoms with Crippen LogP contribution in [0.2, 0.25) is 0 Å². The minimum atomic E-state index is -1.05. The van der Waals surface area contributed by atoms with Crippen molar-refractivity contribution in [2.24, 2.45) is 23.7 Å². The normalized spacial score (nSPS) is 29.0. The van der Waals surface area contributed by atoms with Crippen LogP contribution in [-0.2, 0) is 73.9 Å². The number of amides is 8. The SMILES string of the molecule is CN1C(=O)[C@H](COCc2ccccc2)NC(=O)[C@@H]2CC[C@@H](C2)N(C)C(=O)[C@@H](Cc2ccccc2)NC(=O)[C@@H]2CC[C@@H](C2)N(C)C(=O)[C@@H](COCc2ccccc2)NC(=O)[C@@H]2CC[C@@H](C2)N(C)C(=O)[C@H](Cc2ccccc2)NC(=O)[C@@H]2CC[C@H]1C2. The molecule has 8 bridgehead atoms. The lowest BCUT2D eigenvalue weighted by Gasteiger charge is -2.31. The number of likely N-dealkylation sites (N-methyl/N-ethyl adjacent to an activating group) is 4. The van der Waals surface area contributed by atoms with Gasteiger partial charge in [0.05, 0.1) is 26.4 Å². The van der Waals surface area contributed by atoms with E-state index in [4.69, 9.17) is 9.47 Å². The Morgan fingerprint density at radius 3 is 0.845 bits per heavy atom. The molecule has 1 saturated heterocycles. The van der Waals surface area contributed by atoms with E-state index in [1.807, 2.05) is 121 Å². The average molecular weight is 1150 g/mol. The van der Waals surface area contributed by atoms with E-state index in [1.165, 1.54) is 0 Å². The van der Waals surface area contributed by atoms with Crippen LogP contribution in [0.25, 0.3) is 0 Å². The van der Waals surface area contributed by atoms with E-state index in [0.717, 1.165) is 22.3 Å². The van der Waals surface area contributed by atoms with Crippen molar-refractivity contribution in [3.8, 4) is 0 Å². The van der Waals surface area contributed by atoms with Gasteiger partial charge in [-0.15, -0.1) is 0 Å². The number of hydrogen-bond donors (Lipinski definition) is 4. The van der Waals surface area contributed by atoms with Crippen LogP contribution in [0.15, 0.2) is 121 Å². The molecule has 18 nitrogen and oxygen atoms in total. The molecule has 4 saturated carbocycles. The zero-order valence-corrected chi connectivity index (χ0v) is 49.1. The summed E-state index contributed by atoms with van der Waals surface area (Å²) in [4.78, 5) is 123. The maximum atomic E-state index is 14.7. The van der Waals surface area contributed by atoms with Crippen molar-refractivity contribution in [2.45, 2.75) is 151 Å². The molecule has 9 rings (SSSR count). The molecule has 4 aromatic rings. The Bertz CT molecular complexity index is 2710. The molecule has 5 fully saturated rings. The maximum absolute atomic E-state index is 14.7. The van der Waals surface area contributed by atoms with Crippen LogP contribution in [0.5, 0.6) is 0 Å². The van der Waals surface area contributed by atoms with Crippen molar-refractivity contribution in [1.82, 2.24) is 40.9 Å². The van der Waals surface area contributed by atoms with Gasteiger partial charge in [0.1, 0.15) is 24.2 Å². The number of carbonyl (C=O) groups is 8. The Morgan fingerprint density at radius 1 is 0.333 bits per heavy atom. The number of ether oxygens (including phenoxy) is 2. The molecule has 0 unspecified atom stereocenters. The summed E-state index contributed by atoms with van der Waals surface area (Å²) in [5, 5.41) is 12.3. The smallest absolute Gasteiger partial charge is 0.247 e. The fourth-order valence-electron chi connectivity index (χ4n) is 13.2. The zero-order chi connectivity index (χ0) is 59.3. The van der Waals surface area contributed by atoms with Gasteiger partial charge in [-0.1, -0.05) is 121 Å². The highest BCUT2D eigenvalue weighted by Crippen LogP contribution is 2.34. The topological polar surface area (TPSA) is 216 Å². The molecule has 448 valence electrons. The molecule has 84 heavy (non-hydrogen) atoms. The fraction of sp³-hybridized carbons (Fsp3) is 0.515. The summed E-state index contributed by atoms with van der Waals surface area (Å²) in [6.45, 7) is 0.234. The predicted molar refractivity (Wildman–Crippen MR) is 316 cm³/mol. The van der Waals surface area contributed by atoms with Gasteiger partial charge in [-0.2, -0.15) is 0 Å². The third-order valence-corrected chi connectivity index (χ3v) is 18.5. The number of nitrogens with one attached hydrogen (secondary N) is 4. The summed E-state index contributed by atoms with van der Waals surface area (Å²) in [5.41, 5.74) is 3.54. The van der Waals surface area contributed by atoms with Gasteiger partial charge in [0.15, 0.2) is 0 Å². The summed E-state index contributed by atoms with van der Waals surface area (Å²) in [6.07, 6.45) is 5.82. The zero-order valence-electron chi connectivity index (χ0n) is 49.1. The minimum Gasteiger partial charge on any atom is -0.374 e. The molecule has 8 amide bonds. The number of benzene rings is 4. The molecule has 0 aromatic heterocycles. The van der Waals surface area contributed by atoms with Gasteiger partial charge in [-0.25, -0.2) is 0 Å². The van der Waals surface area contributed by atoms with E-state index < -0.39 is 47.8 Å². The third-order valence-electron chi connectivity index (χ3n) is 18.5. The van der Waals surface area contributed by atoms with Crippen molar-refractivity contribution in [3.05, 3.63) is 144 Å². The van der Waals surface area contributed by atoms with Gasteiger partial charge >= 0.3 is 0 Å². The first-order valence-electron chi connectivity index (χ1n) is 30.2. The molecule has 1 aliphatic heterocycles. The van der Waals surface area contributed by atoms with E-state index in [1.54, 1.807) is 47.8 Å². The van der Waals surface area contributed by atoms with Gasteiger partial charge in [0, 0.05) is 88.9 Å². The van der Waals surface area contributed by atoms with E-state index in [0.29, 0.717) is 77.0 Å². The number of nitrogens with zero attached hydrogens (tertiary/aromatic N) is 4. The van der Waals surface area contributed by atoms with Crippen LogP contribution in [0, 0.1) is 23.7 Å². The standard InChI is InChI=1S/C66H84N8O10/c1-71-51-29-27-49(37-51)61(77)69-57(41-83-39-45-21-13-7-14-22-45)65(81)74(4)54-32-26-48(36-54)60(76)68-56(34-44-19-11-6-12-20-44)64(80)72(2)52-30-28-50(38-52)62(78)70-58(42-84-40-46-23-15-8-16-24-46)66(82)73(3)53-31-25-47(35-53)59(75)67-55(63(71)79)33-43-17-9-5-10-18-43/h5-24,47-58H,25-42H2,1-4H3,(H,67,75)(H,68,76)(H,69,77)(H,70,78)/t47-,48-,49-,50-,51+,52+,53+,54+,55-,56+,57+,58-/m1/s1. The van der Waals surface area contributed by atoms with Crippen molar-refractivity contribution < 1.29 is 47.8 Å². The summed E-state index contributed by atoms with van der Waals surface area (Å²) >= 11 is 0. The highest BCUT2D eigenvalue weighted by molar-refractivity contribution is 5.92. The van der Waals surface area contributed by atoms with E-state index in [-0.39, 0.29) is 111 Å². The van der Waals surface area contributed by atoms with Crippen LogP contribution < -0.4 is 21.3 Å². The first-order valence-corrected chi connectivity index (χ1v) is 30.2. The van der Waals surface area contributed by atoms with Gasteiger partial charge in [0.2, 0.25) is 47.3 Å². The number of carbonyl (C=O) groups excluding carboxylic acids is 8. The van der Waals surface area contributed by atoms with Crippen molar-refractivity contribution in [2.75, 3.05) is 41.4 Å². The first kappa shape index (κ1) is 61.1. The Kier molecular flexibility index (Phi) is 21.0. The highest BCUT2D eigenvalue weighted by atomic mass is 16.5. The summed E-state index contributed by atoms with van der Waals surface area (Å²) in [6, 6.07) is 32.8. The maximum Gasteiger partial charge on any atom is 0.247 e. The second-order valence-electron chi connectivity index (χ2n) is 24.1. The summed E-state index contributed by atoms with van der Waals surface area (Å²) < 4.78 is 12.3. The largest absolute Gasteiger partial charge is 0.374 e. The predicted octanol–water partition coefficient (Wildman–Crippen LogP) is 5.37. The second-order valence-corrected chi connectivity index (χ2v) is 24.1. The van der Waals surface area contributed by atoms with E-state index in [9.17, 15) is 38.4 Å². The molecular weight excluding hydrogens is 1060 g/mol. The monoisotopic (exact) mass is 1150 g/mol. The van der Waals surface area contributed by atoms with Crippen molar-refractivity contribution in [1.29, 1.82) is 0 Å². The number of fused-ring (bicyclic) bond motifs is 8. The molecule has 4 N–H and O–H groups in total. The minimum absolute atomic E-state index is 0.0991. The van der Waals surface area contributed by atoms with Crippen LogP contribution in [0.4, 0.5) is 0 Å². The Morgan fingerprint density at radius 2 is 0.571 bits per heavy atom. The van der Waals surface area contributed by atoms with Crippen LogP contribution in [0.3, 0.4) is 0 Å². The van der Waals surface area contributed by atoms with Gasteiger partial charge < -0.3 is 50.3 Å². The van der Waals surface area contributed by atoms with Gasteiger partial charge in [0.25, 0.3) is 0 Å². The van der Waals surface area contributed by atoms with Gasteiger partial charge in [-0.3, -0.25) is 38.4 Å². The number of rotatable bonds is 12. The molecule has 4 aromatic carbocycles. The fourth-order valence-corrected chi connectivity index (χ4v) is 13.2. The Labute approximate surface area is 494 Å². The van der Waals surface area contributed by atoms with Crippen LogP contribution >= 0.6 is 0 Å². The van der Waals surface area contributed by atoms with E-state index in [2.05, 4.69) is 21.3 Å². The lowest BCUT2D eigenvalue weighted by molar-refractivity contribution is -0.140. The third kappa shape index (κ3) is 15.7. The Balaban J connectivity index is 0.968. The number of hydrogen-bond acceptors (Lipinski definition) is 10. The molecule has 5 aliphatic rings. The molecule has 4 aliphatic carbocycles. The molecule has 0 radical (unpaired) electrons. The highest BCUT2D eigenvalue weighted by Gasteiger charge is 2.44. The van der Waals surface area contributed by atoms with E-state index >= 15 is 0 Å². The Hall–Kier alpha value is -7.44. The summed E-state index contributed by atoms with van der Waals surface area (Å²) in [5.74, 6) is -4.54. The molecule has 0 spiro atoms.